The van der Waals surface area contributed by atoms with E-state index in [9.17, 15) is 0 Å². The van der Waals surface area contributed by atoms with Crippen molar-refractivity contribution in [2.45, 2.75) is 20.0 Å². The molecule has 1 heterocycles. The van der Waals surface area contributed by atoms with Crippen LogP contribution in [0.1, 0.15) is 18.2 Å². The molecule has 0 amide bonds. The number of aliphatic imine (C=N–C) groups is 1. The summed E-state index contributed by atoms with van der Waals surface area (Å²) in [6.07, 6.45) is 0. The van der Waals surface area contributed by atoms with Gasteiger partial charge in [0.25, 0.3) is 0 Å². The summed E-state index contributed by atoms with van der Waals surface area (Å²) in [6.45, 7) is 4.03. The molecule has 0 bridgehead atoms. The Morgan fingerprint density at radius 1 is 1.00 bits per heavy atom. The number of halogens is 1. The topological polar surface area (TPSA) is 62.5 Å². The number of rotatable bonds is 6. The maximum atomic E-state index is 5.42. The van der Waals surface area contributed by atoms with Crippen LogP contribution in [0.15, 0.2) is 76.2 Å². The van der Waals surface area contributed by atoms with Gasteiger partial charge in [-0.1, -0.05) is 65.8 Å². The van der Waals surface area contributed by atoms with Crippen LogP contribution in [0.5, 0.6) is 0 Å². The molecule has 0 spiro atoms. The van der Waals surface area contributed by atoms with Gasteiger partial charge in [-0.3, -0.25) is 0 Å². The van der Waals surface area contributed by atoms with Crippen LogP contribution in [0.2, 0.25) is 0 Å². The van der Waals surface area contributed by atoms with E-state index < -0.39 is 0 Å². The molecule has 2 aromatic carbocycles. The molecule has 0 aliphatic heterocycles. The second-order valence-electron chi connectivity index (χ2n) is 5.58. The predicted octanol–water partition coefficient (Wildman–Crippen LogP) is 4.21. The SMILES string of the molecule is CCNC(=NCc1ccccc1)NCc1cc(-c2ccccc2)on1.I. The standard InChI is InChI=1S/C20H22N4O.HI/c1-2-21-20(22-14-16-9-5-3-6-10-16)23-15-18-13-19(25-24-18)17-11-7-4-8-12-17;/h3-13H,2,14-15H2,1H3,(H2,21,22,23);1H. The summed E-state index contributed by atoms with van der Waals surface area (Å²) in [4.78, 5) is 4.60. The van der Waals surface area contributed by atoms with Crippen LogP contribution in [-0.2, 0) is 13.1 Å². The first kappa shape index (κ1) is 20.0. The first-order valence-electron chi connectivity index (χ1n) is 8.42. The maximum absolute atomic E-state index is 5.42. The van der Waals surface area contributed by atoms with Gasteiger partial charge in [-0.25, -0.2) is 4.99 Å². The van der Waals surface area contributed by atoms with Crippen molar-refractivity contribution in [3.63, 3.8) is 0 Å². The summed E-state index contributed by atoms with van der Waals surface area (Å²) in [5, 5.41) is 10.7. The highest BCUT2D eigenvalue weighted by Gasteiger charge is 2.07. The zero-order valence-corrected chi connectivity index (χ0v) is 17.0. The van der Waals surface area contributed by atoms with Crippen LogP contribution in [0.4, 0.5) is 0 Å². The fourth-order valence-corrected chi connectivity index (χ4v) is 2.40. The molecule has 0 aliphatic rings. The van der Waals surface area contributed by atoms with Crippen LogP contribution in [0.25, 0.3) is 11.3 Å². The average molecular weight is 462 g/mol. The summed E-state index contributed by atoms with van der Waals surface area (Å²) >= 11 is 0. The molecule has 0 atom stereocenters. The minimum absolute atomic E-state index is 0. The highest BCUT2D eigenvalue weighted by atomic mass is 127. The molecule has 3 rings (SSSR count). The minimum atomic E-state index is 0. The lowest BCUT2D eigenvalue weighted by Crippen LogP contribution is -2.36. The Balaban J connectivity index is 0.00000243. The molecule has 6 heteroatoms. The van der Waals surface area contributed by atoms with Crippen molar-refractivity contribution < 1.29 is 4.52 Å². The molecular formula is C20H23IN4O. The Morgan fingerprint density at radius 3 is 2.38 bits per heavy atom. The lowest BCUT2D eigenvalue weighted by atomic mass is 10.2. The Labute approximate surface area is 170 Å². The van der Waals surface area contributed by atoms with E-state index in [1.807, 2.05) is 61.5 Å². The van der Waals surface area contributed by atoms with Crippen molar-refractivity contribution in [2.75, 3.05) is 6.54 Å². The van der Waals surface area contributed by atoms with Gasteiger partial charge in [0, 0.05) is 18.2 Å². The van der Waals surface area contributed by atoms with Gasteiger partial charge in [0.05, 0.1) is 13.1 Å². The van der Waals surface area contributed by atoms with Crippen LogP contribution in [0.3, 0.4) is 0 Å². The number of benzene rings is 2. The molecule has 136 valence electrons. The summed E-state index contributed by atoms with van der Waals surface area (Å²) in [7, 11) is 0. The summed E-state index contributed by atoms with van der Waals surface area (Å²) in [5.41, 5.74) is 3.03. The van der Waals surface area contributed by atoms with E-state index in [4.69, 9.17) is 4.52 Å². The van der Waals surface area contributed by atoms with E-state index in [0.717, 1.165) is 29.5 Å². The molecule has 0 fully saturated rings. The fourth-order valence-electron chi connectivity index (χ4n) is 2.40. The van der Waals surface area contributed by atoms with Gasteiger partial charge in [-0.15, -0.1) is 24.0 Å². The molecule has 0 saturated heterocycles. The highest BCUT2D eigenvalue weighted by molar-refractivity contribution is 14.0. The molecular weight excluding hydrogens is 439 g/mol. The lowest BCUT2D eigenvalue weighted by Gasteiger charge is -2.09. The minimum Gasteiger partial charge on any atom is -0.357 e. The molecule has 0 unspecified atom stereocenters. The largest absolute Gasteiger partial charge is 0.357 e. The van der Waals surface area contributed by atoms with Gasteiger partial charge in [0.2, 0.25) is 0 Å². The molecule has 3 aromatic rings. The van der Waals surface area contributed by atoms with Gasteiger partial charge in [-0.05, 0) is 12.5 Å². The quantitative estimate of drug-likeness (QED) is 0.327. The Hall–Kier alpha value is -2.35. The van der Waals surface area contributed by atoms with Gasteiger partial charge in [0.1, 0.15) is 5.69 Å². The number of guanidine groups is 1. The number of aromatic nitrogens is 1. The molecule has 5 nitrogen and oxygen atoms in total. The summed E-state index contributed by atoms with van der Waals surface area (Å²) in [6, 6.07) is 22.1. The second kappa shape index (κ2) is 10.6. The molecule has 0 aliphatic carbocycles. The highest BCUT2D eigenvalue weighted by Crippen LogP contribution is 2.19. The summed E-state index contributed by atoms with van der Waals surface area (Å²) < 4.78 is 5.42. The van der Waals surface area contributed by atoms with Crippen molar-refractivity contribution in [1.29, 1.82) is 0 Å². The normalized spacial score (nSPS) is 10.9. The molecule has 26 heavy (non-hydrogen) atoms. The molecule has 2 N–H and O–H groups in total. The number of nitrogens with zero attached hydrogens (tertiary/aromatic N) is 2. The number of nitrogens with one attached hydrogen (secondary N) is 2. The van der Waals surface area contributed by atoms with Crippen molar-refractivity contribution in [3.05, 3.63) is 78.0 Å². The molecule has 0 saturated carbocycles. The van der Waals surface area contributed by atoms with Crippen LogP contribution in [-0.4, -0.2) is 17.7 Å². The van der Waals surface area contributed by atoms with E-state index >= 15 is 0 Å². The Morgan fingerprint density at radius 2 is 1.69 bits per heavy atom. The zero-order chi connectivity index (χ0) is 17.3. The Kier molecular flexibility index (Phi) is 8.14. The summed E-state index contributed by atoms with van der Waals surface area (Å²) in [5.74, 6) is 1.53. The van der Waals surface area contributed by atoms with E-state index in [1.54, 1.807) is 0 Å². The first-order chi connectivity index (χ1) is 12.3. The van der Waals surface area contributed by atoms with Gasteiger partial charge in [-0.2, -0.15) is 0 Å². The number of hydrogen-bond acceptors (Lipinski definition) is 3. The third-order valence-corrected chi connectivity index (χ3v) is 3.66. The van der Waals surface area contributed by atoms with Crippen LogP contribution < -0.4 is 10.6 Å². The van der Waals surface area contributed by atoms with E-state index in [0.29, 0.717) is 13.1 Å². The fraction of sp³-hybridized carbons (Fsp3) is 0.200. The van der Waals surface area contributed by atoms with Gasteiger partial charge >= 0.3 is 0 Å². The van der Waals surface area contributed by atoms with Crippen LogP contribution in [0, 0.1) is 0 Å². The van der Waals surface area contributed by atoms with E-state index in [1.165, 1.54) is 5.56 Å². The molecule has 1 aromatic heterocycles. The van der Waals surface area contributed by atoms with Crippen molar-refractivity contribution in [1.82, 2.24) is 15.8 Å². The van der Waals surface area contributed by atoms with Crippen LogP contribution >= 0.6 is 24.0 Å². The van der Waals surface area contributed by atoms with Crippen molar-refractivity contribution in [3.8, 4) is 11.3 Å². The third kappa shape index (κ3) is 5.87. The van der Waals surface area contributed by atoms with E-state index in [-0.39, 0.29) is 24.0 Å². The van der Waals surface area contributed by atoms with Gasteiger partial charge in [0.15, 0.2) is 11.7 Å². The third-order valence-electron chi connectivity index (χ3n) is 3.66. The number of hydrogen-bond donors (Lipinski definition) is 2. The van der Waals surface area contributed by atoms with Crippen molar-refractivity contribution in [2.24, 2.45) is 4.99 Å². The molecule has 0 radical (unpaired) electrons. The first-order valence-corrected chi connectivity index (χ1v) is 8.42. The maximum Gasteiger partial charge on any atom is 0.191 e. The van der Waals surface area contributed by atoms with Crippen molar-refractivity contribution >= 4 is 29.9 Å². The monoisotopic (exact) mass is 462 g/mol. The lowest BCUT2D eigenvalue weighted by molar-refractivity contribution is 0.422. The average Bonchev–Trinajstić information content (AvgIpc) is 3.15. The Bertz CT molecular complexity index is 803. The van der Waals surface area contributed by atoms with E-state index in [2.05, 4.69) is 32.9 Å². The smallest absolute Gasteiger partial charge is 0.191 e. The second-order valence-corrected chi connectivity index (χ2v) is 5.58. The predicted molar refractivity (Wildman–Crippen MR) is 115 cm³/mol. The van der Waals surface area contributed by atoms with Gasteiger partial charge < -0.3 is 15.2 Å². The zero-order valence-electron chi connectivity index (χ0n) is 14.7.